The molecule has 6 heteroatoms. The zero-order valence-corrected chi connectivity index (χ0v) is 15.5. The highest BCUT2D eigenvalue weighted by molar-refractivity contribution is 5.93. The molecule has 1 amide bonds. The van der Waals surface area contributed by atoms with Crippen LogP contribution in [0.15, 0.2) is 6.07 Å². The summed E-state index contributed by atoms with van der Waals surface area (Å²) in [6, 6.07) is 3.00. The smallest absolute Gasteiger partial charge is 0.274 e. The van der Waals surface area contributed by atoms with Gasteiger partial charge in [0.1, 0.15) is 5.69 Å². The Labute approximate surface area is 145 Å². The number of carbonyl (C=O) groups is 1. The van der Waals surface area contributed by atoms with E-state index >= 15 is 0 Å². The van der Waals surface area contributed by atoms with Crippen LogP contribution >= 0.6 is 0 Å². The van der Waals surface area contributed by atoms with Gasteiger partial charge in [0, 0.05) is 37.4 Å². The van der Waals surface area contributed by atoms with Crippen molar-refractivity contribution < 1.29 is 4.79 Å². The van der Waals surface area contributed by atoms with E-state index < -0.39 is 0 Å². The van der Waals surface area contributed by atoms with E-state index in [4.69, 9.17) is 0 Å². The van der Waals surface area contributed by atoms with Crippen LogP contribution < -0.4 is 0 Å². The van der Waals surface area contributed by atoms with Crippen LogP contribution in [0.5, 0.6) is 0 Å². The number of H-pyrrole nitrogens is 1. The second-order valence-corrected chi connectivity index (χ2v) is 7.93. The molecule has 3 heterocycles. The Morgan fingerprint density at radius 1 is 1.33 bits per heavy atom. The number of hydrogen-bond donors (Lipinski definition) is 1. The third-order valence-electron chi connectivity index (χ3n) is 5.28. The predicted molar refractivity (Wildman–Crippen MR) is 95.1 cm³/mol. The number of nitrogens with one attached hydrogen (secondary N) is 1. The molecule has 0 radical (unpaired) electrons. The fourth-order valence-electron chi connectivity index (χ4n) is 3.87. The van der Waals surface area contributed by atoms with Gasteiger partial charge in [-0.1, -0.05) is 13.8 Å². The second kappa shape index (κ2) is 7.23. The number of aromatic nitrogens is 2. The third kappa shape index (κ3) is 3.81. The van der Waals surface area contributed by atoms with Crippen molar-refractivity contribution in [1.82, 2.24) is 24.9 Å². The van der Waals surface area contributed by atoms with Crippen LogP contribution in [0.25, 0.3) is 0 Å². The molecule has 0 atom stereocenters. The Hall–Kier alpha value is -1.40. The number of amides is 1. The molecule has 1 N–H and O–H groups in total. The topological polar surface area (TPSA) is 55.5 Å². The van der Waals surface area contributed by atoms with Gasteiger partial charge in [-0.2, -0.15) is 5.10 Å². The van der Waals surface area contributed by atoms with Crippen molar-refractivity contribution in [2.45, 2.75) is 45.7 Å². The van der Waals surface area contributed by atoms with Gasteiger partial charge in [-0.15, -0.1) is 0 Å². The number of nitrogens with zero attached hydrogens (tertiary/aromatic N) is 4. The maximum Gasteiger partial charge on any atom is 0.274 e. The van der Waals surface area contributed by atoms with E-state index in [2.05, 4.69) is 40.9 Å². The Morgan fingerprint density at radius 3 is 2.54 bits per heavy atom. The molecule has 0 bridgehead atoms. The first kappa shape index (κ1) is 17.4. The van der Waals surface area contributed by atoms with Crippen LogP contribution in [0.1, 0.15) is 42.9 Å². The van der Waals surface area contributed by atoms with E-state index in [1.165, 1.54) is 25.9 Å². The number of rotatable bonds is 5. The standard InChI is InChI=1S/C18H31N5O/c1-13(2)10-23(15-5-7-21(4)8-6-15)16-11-22(12-16)18(24)17-9-14(3)19-20-17/h9,13,15-16H,5-8,10-12H2,1-4H3,(H,19,20). The quantitative estimate of drug-likeness (QED) is 0.889. The lowest BCUT2D eigenvalue weighted by Gasteiger charge is -2.50. The Bertz CT molecular complexity index is 556. The number of aryl methyl sites for hydroxylation is 1. The highest BCUT2D eigenvalue weighted by atomic mass is 16.2. The van der Waals surface area contributed by atoms with E-state index in [-0.39, 0.29) is 5.91 Å². The summed E-state index contributed by atoms with van der Waals surface area (Å²) in [4.78, 5) is 19.5. The predicted octanol–water partition coefficient (Wildman–Crippen LogP) is 1.59. The van der Waals surface area contributed by atoms with Crippen LogP contribution in [0, 0.1) is 12.8 Å². The molecular formula is C18H31N5O. The van der Waals surface area contributed by atoms with Gasteiger partial charge in [-0.05, 0) is 51.9 Å². The Kier molecular flexibility index (Phi) is 5.25. The van der Waals surface area contributed by atoms with E-state index in [1.54, 1.807) is 0 Å². The molecule has 0 spiro atoms. The fourth-order valence-corrected chi connectivity index (χ4v) is 3.87. The minimum atomic E-state index is 0.0588. The lowest BCUT2D eigenvalue weighted by molar-refractivity contribution is -0.00825. The fraction of sp³-hybridized carbons (Fsp3) is 0.778. The molecule has 3 rings (SSSR count). The van der Waals surface area contributed by atoms with E-state index in [0.717, 1.165) is 25.3 Å². The molecule has 6 nitrogen and oxygen atoms in total. The largest absolute Gasteiger partial charge is 0.334 e. The molecule has 1 aromatic rings. The molecule has 2 aliphatic rings. The molecule has 2 fully saturated rings. The zero-order chi connectivity index (χ0) is 17.3. The summed E-state index contributed by atoms with van der Waals surface area (Å²) in [6.07, 6.45) is 2.48. The summed E-state index contributed by atoms with van der Waals surface area (Å²) >= 11 is 0. The summed E-state index contributed by atoms with van der Waals surface area (Å²) in [5.41, 5.74) is 1.48. The second-order valence-electron chi connectivity index (χ2n) is 7.93. The number of piperidine rings is 1. The van der Waals surface area contributed by atoms with Crippen molar-refractivity contribution in [3.8, 4) is 0 Å². The molecular weight excluding hydrogens is 302 g/mol. The molecule has 0 unspecified atom stereocenters. The van der Waals surface area contributed by atoms with Gasteiger partial charge < -0.3 is 9.80 Å². The summed E-state index contributed by atoms with van der Waals surface area (Å²) < 4.78 is 0. The number of likely N-dealkylation sites (tertiary alicyclic amines) is 2. The van der Waals surface area contributed by atoms with Gasteiger partial charge in [0.05, 0.1) is 0 Å². The van der Waals surface area contributed by atoms with Crippen LogP contribution in [0.2, 0.25) is 0 Å². The molecule has 1 aromatic heterocycles. The minimum Gasteiger partial charge on any atom is -0.334 e. The van der Waals surface area contributed by atoms with Crippen LogP contribution in [0.3, 0.4) is 0 Å². The van der Waals surface area contributed by atoms with Gasteiger partial charge in [0.15, 0.2) is 0 Å². The average molecular weight is 333 g/mol. The first-order chi connectivity index (χ1) is 11.4. The van der Waals surface area contributed by atoms with Gasteiger partial charge in [0.2, 0.25) is 0 Å². The third-order valence-corrected chi connectivity index (χ3v) is 5.28. The van der Waals surface area contributed by atoms with E-state index in [0.29, 0.717) is 23.7 Å². The number of aromatic amines is 1. The van der Waals surface area contributed by atoms with Gasteiger partial charge >= 0.3 is 0 Å². The van der Waals surface area contributed by atoms with Crippen molar-refractivity contribution in [1.29, 1.82) is 0 Å². The van der Waals surface area contributed by atoms with Crippen LogP contribution in [-0.2, 0) is 0 Å². The molecule has 134 valence electrons. The van der Waals surface area contributed by atoms with E-state index in [1.807, 2.05) is 17.9 Å². The Morgan fingerprint density at radius 2 is 2.00 bits per heavy atom. The van der Waals surface area contributed by atoms with E-state index in [9.17, 15) is 4.79 Å². The maximum absolute atomic E-state index is 12.5. The van der Waals surface area contributed by atoms with Gasteiger partial charge in [-0.25, -0.2) is 0 Å². The highest BCUT2D eigenvalue weighted by Crippen LogP contribution is 2.25. The molecule has 0 aromatic carbocycles. The summed E-state index contributed by atoms with van der Waals surface area (Å²) in [5.74, 6) is 0.715. The first-order valence-corrected chi connectivity index (χ1v) is 9.19. The lowest BCUT2D eigenvalue weighted by Crippen LogP contribution is -2.64. The highest BCUT2D eigenvalue weighted by Gasteiger charge is 2.39. The number of hydrogen-bond acceptors (Lipinski definition) is 4. The average Bonchev–Trinajstić information content (AvgIpc) is 2.91. The molecule has 0 saturated carbocycles. The summed E-state index contributed by atoms with van der Waals surface area (Å²) in [6.45, 7) is 11.7. The molecule has 0 aliphatic carbocycles. The first-order valence-electron chi connectivity index (χ1n) is 9.19. The summed E-state index contributed by atoms with van der Waals surface area (Å²) in [5, 5.41) is 6.96. The summed E-state index contributed by atoms with van der Waals surface area (Å²) in [7, 11) is 2.21. The molecule has 24 heavy (non-hydrogen) atoms. The van der Waals surface area contributed by atoms with Crippen LogP contribution in [-0.4, -0.2) is 82.7 Å². The van der Waals surface area contributed by atoms with Crippen molar-refractivity contribution in [2.24, 2.45) is 5.92 Å². The lowest BCUT2D eigenvalue weighted by atomic mass is 9.96. The van der Waals surface area contributed by atoms with Crippen LogP contribution in [0.4, 0.5) is 0 Å². The van der Waals surface area contributed by atoms with Gasteiger partial charge in [-0.3, -0.25) is 14.8 Å². The van der Waals surface area contributed by atoms with Gasteiger partial charge in [0.25, 0.3) is 5.91 Å². The monoisotopic (exact) mass is 333 g/mol. The maximum atomic E-state index is 12.5. The SMILES string of the molecule is Cc1cc(C(=O)N2CC(N(CC(C)C)C3CCN(C)CC3)C2)n[nH]1. The number of carbonyl (C=O) groups excluding carboxylic acids is 1. The molecule has 2 aliphatic heterocycles. The normalized spacial score (nSPS) is 20.8. The minimum absolute atomic E-state index is 0.0588. The zero-order valence-electron chi connectivity index (χ0n) is 15.5. The molecule has 2 saturated heterocycles. The Balaban J connectivity index is 1.58. The van der Waals surface area contributed by atoms with Crippen molar-refractivity contribution in [3.63, 3.8) is 0 Å². The van der Waals surface area contributed by atoms with Crippen molar-refractivity contribution in [2.75, 3.05) is 39.8 Å². The van der Waals surface area contributed by atoms with Crippen molar-refractivity contribution >= 4 is 5.91 Å². The van der Waals surface area contributed by atoms with Crippen molar-refractivity contribution in [3.05, 3.63) is 17.5 Å².